The van der Waals surface area contributed by atoms with Gasteiger partial charge in [0.15, 0.2) is 0 Å². The number of fused-ring (bicyclic) bond motifs is 2. The summed E-state index contributed by atoms with van der Waals surface area (Å²) in [6, 6.07) is 11.8. The molecule has 2 aromatic heterocycles. The first-order valence-electron chi connectivity index (χ1n) is 10.3. The highest BCUT2D eigenvalue weighted by atomic mass is 32.1. The van der Waals surface area contributed by atoms with Gasteiger partial charge in [-0.05, 0) is 42.0 Å². The highest BCUT2D eigenvalue weighted by Gasteiger charge is 2.21. The minimum atomic E-state index is -0.0941. The van der Waals surface area contributed by atoms with Crippen molar-refractivity contribution in [3.63, 3.8) is 0 Å². The Morgan fingerprint density at radius 2 is 2.07 bits per heavy atom. The van der Waals surface area contributed by atoms with Gasteiger partial charge in [-0.1, -0.05) is 18.2 Å². The minimum absolute atomic E-state index is 0.0498. The maximum Gasteiger partial charge on any atom is 0.223 e. The molecular weight excluding hydrogens is 398 g/mol. The molecule has 3 aromatic rings. The first-order valence-corrected chi connectivity index (χ1v) is 11.1. The second kappa shape index (κ2) is 9.71. The first kappa shape index (κ1) is 20.3. The molecule has 1 aromatic carbocycles. The molecule has 0 aliphatic carbocycles. The van der Waals surface area contributed by atoms with Crippen LogP contribution in [0.25, 0.3) is 10.9 Å². The fourth-order valence-corrected chi connectivity index (χ4v) is 4.49. The fraction of sp³-hybridized carbons (Fsp3) is 0.348. The van der Waals surface area contributed by atoms with Crippen LogP contribution in [-0.4, -0.2) is 41.4 Å². The number of amides is 2. The Bertz CT molecular complexity index is 1030. The number of aromatic nitrogens is 1. The molecule has 0 saturated carbocycles. The van der Waals surface area contributed by atoms with E-state index in [-0.39, 0.29) is 24.7 Å². The third-order valence-corrected chi connectivity index (χ3v) is 6.25. The van der Waals surface area contributed by atoms with E-state index in [9.17, 15) is 9.59 Å². The smallest absolute Gasteiger partial charge is 0.223 e. The van der Waals surface area contributed by atoms with Crippen LogP contribution in [0.15, 0.2) is 48.0 Å². The Balaban J connectivity index is 1.13. The Labute approximate surface area is 179 Å². The van der Waals surface area contributed by atoms with E-state index in [1.54, 1.807) is 17.5 Å². The van der Waals surface area contributed by atoms with Gasteiger partial charge in [0.05, 0.1) is 6.61 Å². The maximum atomic E-state index is 12.4. The van der Waals surface area contributed by atoms with Crippen molar-refractivity contribution in [1.82, 2.24) is 15.2 Å². The summed E-state index contributed by atoms with van der Waals surface area (Å²) >= 11 is 1.75. The molecule has 7 heteroatoms. The van der Waals surface area contributed by atoms with Crippen LogP contribution in [0.3, 0.4) is 0 Å². The number of pyridine rings is 1. The lowest BCUT2D eigenvalue weighted by Gasteiger charge is -2.27. The van der Waals surface area contributed by atoms with Crippen LogP contribution in [-0.2, 0) is 22.6 Å². The summed E-state index contributed by atoms with van der Waals surface area (Å²) in [6.07, 6.45) is 3.83. The zero-order chi connectivity index (χ0) is 20.8. The Hall–Kier alpha value is -2.93. The summed E-state index contributed by atoms with van der Waals surface area (Å²) in [5, 5.41) is 5.99. The van der Waals surface area contributed by atoms with Crippen molar-refractivity contribution in [2.24, 2.45) is 0 Å². The molecule has 30 heavy (non-hydrogen) atoms. The molecular formula is C23H25N3O3S. The number of ether oxygens (including phenoxy) is 1. The summed E-state index contributed by atoms with van der Waals surface area (Å²) in [5.74, 6) is 0.706. The summed E-state index contributed by atoms with van der Waals surface area (Å²) in [4.78, 5) is 32.1. The lowest BCUT2D eigenvalue weighted by Crippen LogP contribution is -2.36. The van der Waals surface area contributed by atoms with Crippen LogP contribution in [0.2, 0.25) is 0 Å². The van der Waals surface area contributed by atoms with E-state index >= 15 is 0 Å². The molecule has 0 radical (unpaired) electrons. The first-order chi connectivity index (χ1) is 14.7. The van der Waals surface area contributed by atoms with Crippen molar-refractivity contribution in [3.8, 4) is 5.75 Å². The molecule has 0 spiro atoms. The molecule has 0 fully saturated rings. The maximum absolute atomic E-state index is 12.4. The van der Waals surface area contributed by atoms with Crippen molar-refractivity contribution in [3.05, 3.63) is 58.4 Å². The van der Waals surface area contributed by atoms with E-state index in [4.69, 9.17) is 4.74 Å². The molecule has 0 unspecified atom stereocenters. The molecule has 4 rings (SSSR count). The summed E-state index contributed by atoms with van der Waals surface area (Å²) in [7, 11) is 0. The van der Waals surface area contributed by atoms with Crippen LogP contribution < -0.4 is 10.1 Å². The van der Waals surface area contributed by atoms with E-state index in [0.29, 0.717) is 26.1 Å². The zero-order valence-corrected chi connectivity index (χ0v) is 17.6. The van der Waals surface area contributed by atoms with Gasteiger partial charge in [0.2, 0.25) is 11.8 Å². The quantitative estimate of drug-likeness (QED) is 0.563. The van der Waals surface area contributed by atoms with E-state index in [2.05, 4.69) is 21.7 Å². The number of rotatable bonds is 8. The van der Waals surface area contributed by atoms with E-state index in [0.717, 1.165) is 29.6 Å². The molecule has 1 aliphatic rings. The summed E-state index contributed by atoms with van der Waals surface area (Å²) in [6.45, 7) is 2.42. The third kappa shape index (κ3) is 4.97. The minimum Gasteiger partial charge on any atom is -0.491 e. The molecule has 1 N–H and O–H groups in total. The summed E-state index contributed by atoms with van der Waals surface area (Å²) in [5.41, 5.74) is 2.08. The molecule has 0 bridgehead atoms. The monoisotopic (exact) mass is 423 g/mol. The number of para-hydroxylation sites is 1. The van der Waals surface area contributed by atoms with Crippen molar-refractivity contribution < 1.29 is 14.3 Å². The highest BCUT2D eigenvalue weighted by Crippen LogP contribution is 2.24. The average molecular weight is 424 g/mol. The number of hydrogen-bond donors (Lipinski definition) is 1. The van der Waals surface area contributed by atoms with Crippen LogP contribution >= 0.6 is 11.3 Å². The Morgan fingerprint density at radius 3 is 3.00 bits per heavy atom. The molecule has 0 atom stereocenters. The van der Waals surface area contributed by atoms with Crippen molar-refractivity contribution in [2.75, 3.05) is 19.7 Å². The third-order valence-electron chi connectivity index (χ3n) is 5.22. The van der Waals surface area contributed by atoms with Gasteiger partial charge in [-0.25, -0.2) is 0 Å². The largest absolute Gasteiger partial charge is 0.491 e. The van der Waals surface area contributed by atoms with Gasteiger partial charge in [-0.2, -0.15) is 0 Å². The van der Waals surface area contributed by atoms with E-state index in [1.165, 1.54) is 10.4 Å². The van der Waals surface area contributed by atoms with Gasteiger partial charge < -0.3 is 15.0 Å². The van der Waals surface area contributed by atoms with E-state index in [1.807, 2.05) is 35.2 Å². The predicted molar refractivity (Wildman–Crippen MR) is 118 cm³/mol. The predicted octanol–water partition coefficient (Wildman–Crippen LogP) is 3.55. The SMILES string of the molecule is O=C(CCC(=O)N1CCc2sccc2C1)NCCCOc1cccc2cccnc12. The zero-order valence-electron chi connectivity index (χ0n) is 16.8. The second-order valence-corrected chi connectivity index (χ2v) is 8.32. The van der Waals surface area contributed by atoms with Gasteiger partial charge in [-0.15, -0.1) is 11.3 Å². The van der Waals surface area contributed by atoms with Crippen molar-refractivity contribution in [1.29, 1.82) is 0 Å². The van der Waals surface area contributed by atoms with Gasteiger partial charge in [-0.3, -0.25) is 14.6 Å². The van der Waals surface area contributed by atoms with Crippen LogP contribution in [0.4, 0.5) is 0 Å². The van der Waals surface area contributed by atoms with Gasteiger partial charge in [0, 0.05) is 48.9 Å². The van der Waals surface area contributed by atoms with E-state index < -0.39 is 0 Å². The topological polar surface area (TPSA) is 71.5 Å². The van der Waals surface area contributed by atoms with Gasteiger partial charge >= 0.3 is 0 Å². The standard InChI is InChI=1S/C23H25N3O3S/c27-21(7-8-22(28)26-13-9-20-18(16-26)10-15-30-20)24-12-3-14-29-19-6-1-4-17-5-2-11-25-23(17)19/h1-2,4-6,10-11,15H,3,7-9,12-14,16H2,(H,24,27). The lowest BCUT2D eigenvalue weighted by atomic mass is 10.1. The van der Waals surface area contributed by atoms with Crippen LogP contribution in [0.5, 0.6) is 5.75 Å². The Morgan fingerprint density at radius 1 is 1.17 bits per heavy atom. The normalized spacial score (nSPS) is 13.1. The van der Waals surface area contributed by atoms with Crippen molar-refractivity contribution in [2.45, 2.75) is 32.2 Å². The number of nitrogens with zero attached hydrogens (tertiary/aromatic N) is 2. The molecule has 156 valence electrons. The number of carbonyl (C=O) groups is 2. The number of thiophene rings is 1. The molecule has 3 heterocycles. The second-order valence-electron chi connectivity index (χ2n) is 7.32. The van der Waals surface area contributed by atoms with Gasteiger partial charge in [0.25, 0.3) is 0 Å². The molecule has 1 aliphatic heterocycles. The summed E-state index contributed by atoms with van der Waals surface area (Å²) < 4.78 is 5.83. The number of carbonyl (C=O) groups excluding carboxylic acids is 2. The van der Waals surface area contributed by atoms with Gasteiger partial charge in [0.1, 0.15) is 11.3 Å². The number of benzene rings is 1. The van der Waals surface area contributed by atoms with Crippen LogP contribution in [0, 0.1) is 0 Å². The fourth-order valence-electron chi connectivity index (χ4n) is 3.60. The molecule has 0 saturated heterocycles. The Kier molecular flexibility index (Phi) is 6.59. The lowest BCUT2D eigenvalue weighted by molar-refractivity contribution is -0.134. The number of nitrogens with one attached hydrogen (secondary N) is 1. The number of hydrogen-bond acceptors (Lipinski definition) is 5. The highest BCUT2D eigenvalue weighted by molar-refractivity contribution is 7.10. The van der Waals surface area contributed by atoms with Crippen molar-refractivity contribution >= 4 is 34.1 Å². The van der Waals surface area contributed by atoms with Crippen LogP contribution in [0.1, 0.15) is 29.7 Å². The molecule has 2 amide bonds. The molecule has 6 nitrogen and oxygen atoms in total. The average Bonchev–Trinajstić information content (AvgIpc) is 3.25.